The molecule has 0 spiro atoms. The van der Waals surface area contributed by atoms with Crippen LogP contribution in [-0.4, -0.2) is 26.6 Å². The highest BCUT2D eigenvalue weighted by molar-refractivity contribution is 5.88. The zero-order valence-corrected chi connectivity index (χ0v) is 17.3. The summed E-state index contributed by atoms with van der Waals surface area (Å²) in [6, 6.07) is 15.4. The van der Waals surface area contributed by atoms with Crippen molar-refractivity contribution in [2.45, 2.75) is 19.5 Å². The Morgan fingerprint density at radius 1 is 1.19 bits per heavy atom. The summed E-state index contributed by atoms with van der Waals surface area (Å²) in [4.78, 5) is 22.1. The van der Waals surface area contributed by atoms with E-state index in [0.717, 1.165) is 12.1 Å². The largest absolute Gasteiger partial charge is 0.545 e. The van der Waals surface area contributed by atoms with Crippen LogP contribution in [0.2, 0.25) is 0 Å². The van der Waals surface area contributed by atoms with Gasteiger partial charge in [-0.05, 0) is 36.8 Å². The van der Waals surface area contributed by atoms with Crippen LogP contribution in [0.25, 0.3) is 10.9 Å². The number of imidazole rings is 1. The molecule has 4 rings (SSSR count). The Labute approximate surface area is 183 Å². The normalized spacial score (nSPS) is 11.8. The molecular formula is C24H22FN3O4. The van der Waals surface area contributed by atoms with Crippen LogP contribution in [0.5, 0.6) is 0 Å². The van der Waals surface area contributed by atoms with Gasteiger partial charge in [0.15, 0.2) is 0 Å². The van der Waals surface area contributed by atoms with Crippen LogP contribution in [0.15, 0.2) is 85.6 Å². The Kier molecular flexibility index (Phi) is 7.17. The van der Waals surface area contributed by atoms with Gasteiger partial charge in [-0.15, -0.1) is 0 Å². The van der Waals surface area contributed by atoms with Gasteiger partial charge in [-0.25, -0.2) is 13.8 Å². The number of benzene rings is 2. The SMILES string of the molecule is CC(c1cn(Cc2ccc(F)cc2)c2ccccc12)[n+]1cc[nH]c1.O=C([O-])/C=C\C(=O)O. The van der Waals surface area contributed by atoms with E-state index >= 15 is 0 Å². The highest BCUT2D eigenvalue weighted by Gasteiger charge is 2.18. The zero-order chi connectivity index (χ0) is 23.1. The Balaban J connectivity index is 0.000000312. The minimum atomic E-state index is -1.51. The lowest BCUT2D eigenvalue weighted by atomic mass is 10.1. The highest BCUT2D eigenvalue weighted by Crippen LogP contribution is 2.27. The summed E-state index contributed by atoms with van der Waals surface area (Å²) in [7, 11) is 0. The number of carbonyl (C=O) groups excluding carboxylic acids is 1. The van der Waals surface area contributed by atoms with Gasteiger partial charge in [0.05, 0.1) is 5.97 Å². The topological polar surface area (TPSA) is 102 Å². The fourth-order valence-corrected chi connectivity index (χ4v) is 3.37. The van der Waals surface area contributed by atoms with Gasteiger partial charge >= 0.3 is 5.97 Å². The number of hydrogen-bond acceptors (Lipinski definition) is 3. The van der Waals surface area contributed by atoms with Crippen molar-refractivity contribution in [3.63, 3.8) is 0 Å². The third kappa shape index (κ3) is 5.69. The molecule has 0 aliphatic heterocycles. The number of nitrogens with zero attached hydrogens (tertiary/aromatic N) is 2. The van der Waals surface area contributed by atoms with Crippen molar-refractivity contribution in [3.8, 4) is 0 Å². The first-order valence-corrected chi connectivity index (χ1v) is 9.83. The molecule has 2 aromatic heterocycles. The minimum Gasteiger partial charge on any atom is -0.545 e. The van der Waals surface area contributed by atoms with Crippen LogP contribution < -0.4 is 9.67 Å². The van der Waals surface area contributed by atoms with Gasteiger partial charge in [-0.2, -0.15) is 0 Å². The van der Waals surface area contributed by atoms with Crippen molar-refractivity contribution in [2.24, 2.45) is 0 Å². The number of aromatic amines is 1. The monoisotopic (exact) mass is 435 g/mol. The average Bonchev–Trinajstić information content (AvgIpc) is 3.43. The van der Waals surface area contributed by atoms with E-state index in [0.29, 0.717) is 12.2 Å². The van der Waals surface area contributed by atoms with Gasteiger partial charge in [0.25, 0.3) is 0 Å². The summed E-state index contributed by atoms with van der Waals surface area (Å²) in [6.45, 7) is 2.92. The summed E-state index contributed by atoms with van der Waals surface area (Å²) in [6.07, 6.45) is 9.08. The van der Waals surface area contributed by atoms with E-state index in [-0.39, 0.29) is 11.9 Å². The van der Waals surface area contributed by atoms with E-state index in [1.54, 1.807) is 0 Å². The van der Waals surface area contributed by atoms with E-state index in [2.05, 4.69) is 51.5 Å². The molecular weight excluding hydrogens is 413 g/mol. The van der Waals surface area contributed by atoms with Crippen molar-refractivity contribution in [1.82, 2.24) is 9.55 Å². The van der Waals surface area contributed by atoms with Crippen LogP contribution in [0.4, 0.5) is 4.39 Å². The van der Waals surface area contributed by atoms with Crippen LogP contribution in [0.3, 0.4) is 0 Å². The number of rotatable bonds is 6. The third-order valence-corrected chi connectivity index (χ3v) is 4.91. The number of aliphatic carboxylic acids is 2. The summed E-state index contributed by atoms with van der Waals surface area (Å²) in [5.41, 5.74) is 3.56. The standard InChI is InChI=1S/C20H18FN3.C4H4O4/c1-15(23-11-10-22-14-23)19-13-24(20-5-3-2-4-18(19)20)12-16-6-8-17(21)9-7-16;5-3(6)1-2-4(7)8/h2-11,13-15H,12H2,1H3;1-2H,(H,5,6)(H,7,8)/b;2-1-. The van der Waals surface area contributed by atoms with Gasteiger partial charge in [0.1, 0.15) is 24.3 Å². The predicted molar refractivity (Wildman–Crippen MR) is 114 cm³/mol. The molecule has 0 radical (unpaired) electrons. The summed E-state index contributed by atoms with van der Waals surface area (Å²) >= 11 is 0. The van der Waals surface area contributed by atoms with Gasteiger partial charge in [0, 0.05) is 35.3 Å². The van der Waals surface area contributed by atoms with Crippen LogP contribution in [-0.2, 0) is 16.1 Å². The maximum atomic E-state index is 13.1. The lowest BCUT2D eigenvalue weighted by Gasteiger charge is -2.06. The first-order valence-electron chi connectivity index (χ1n) is 9.83. The Bertz CT molecular complexity index is 1210. The van der Waals surface area contributed by atoms with Crippen molar-refractivity contribution >= 4 is 22.8 Å². The zero-order valence-electron chi connectivity index (χ0n) is 17.3. The molecule has 1 unspecified atom stereocenters. The number of aromatic nitrogens is 3. The van der Waals surface area contributed by atoms with Crippen molar-refractivity contribution in [2.75, 3.05) is 0 Å². The predicted octanol–water partition coefficient (Wildman–Crippen LogP) is 2.43. The Hall–Kier alpha value is -4.20. The van der Waals surface area contributed by atoms with E-state index in [9.17, 15) is 19.1 Å². The van der Waals surface area contributed by atoms with Crippen LogP contribution >= 0.6 is 0 Å². The van der Waals surface area contributed by atoms with Crippen molar-refractivity contribution in [1.29, 1.82) is 0 Å². The second kappa shape index (κ2) is 10.2. The number of carbonyl (C=O) groups is 2. The average molecular weight is 435 g/mol. The number of H-pyrrole nitrogens is 1. The number of carboxylic acid groups (broad SMARTS) is 2. The number of para-hydroxylation sites is 1. The molecule has 0 aliphatic carbocycles. The number of carboxylic acids is 2. The van der Waals surface area contributed by atoms with Crippen molar-refractivity contribution < 1.29 is 28.8 Å². The Morgan fingerprint density at radius 2 is 1.91 bits per heavy atom. The maximum absolute atomic E-state index is 13.1. The molecule has 8 heteroatoms. The number of nitrogens with one attached hydrogen (secondary N) is 1. The van der Waals surface area contributed by atoms with Crippen molar-refractivity contribution in [3.05, 3.63) is 103 Å². The molecule has 0 saturated heterocycles. The lowest BCUT2D eigenvalue weighted by Crippen LogP contribution is -2.35. The molecule has 0 aliphatic rings. The first-order chi connectivity index (χ1) is 15.3. The molecule has 0 fully saturated rings. The molecule has 0 bridgehead atoms. The van der Waals surface area contributed by atoms with E-state index < -0.39 is 11.9 Å². The van der Waals surface area contributed by atoms with E-state index in [1.807, 2.05) is 30.9 Å². The fourth-order valence-electron chi connectivity index (χ4n) is 3.37. The number of hydrogen-bond donors (Lipinski definition) is 2. The first kappa shape index (κ1) is 22.5. The highest BCUT2D eigenvalue weighted by atomic mass is 19.1. The third-order valence-electron chi connectivity index (χ3n) is 4.91. The van der Waals surface area contributed by atoms with E-state index in [1.165, 1.54) is 28.6 Å². The molecule has 4 aromatic rings. The summed E-state index contributed by atoms with van der Waals surface area (Å²) < 4.78 is 17.5. The van der Waals surface area contributed by atoms with Crippen LogP contribution in [0.1, 0.15) is 24.1 Å². The summed E-state index contributed by atoms with van der Waals surface area (Å²) in [5, 5.41) is 18.5. The van der Waals surface area contributed by atoms with Gasteiger partial charge < -0.3 is 19.6 Å². The molecule has 0 saturated carbocycles. The second-order valence-corrected chi connectivity index (χ2v) is 7.08. The van der Waals surface area contributed by atoms with Crippen LogP contribution in [0, 0.1) is 5.82 Å². The minimum absolute atomic E-state index is 0.200. The smallest absolute Gasteiger partial charge is 0.328 e. The molecule has 32 heavy (non-hydrogen) atoms. The Morgan fingerprint density at radius 3 is 2.50 bits per heavy atom. The number of halogens is 1. The molecule has 2 N–H and O–H groups in total. The quantitative estimate of drug-likeness (QED) is 0.359. The van der Waals surface area contributed by atoms with Gasteiger partial charge in [-0.1, -0.05) is 30.3 Å². The number of fused-ring (bicyclic) bond motifs is 1. The summed E-state index contributed by atoms with van der Waals surface area (Å²) in [5.74, 6) is -3.00. The maximum Gasteiger partial charge on any atom is 0.328 e. The second-order valence-electron chi connectivity index (χ2n) is 7.08. The molecule has 2 heterocycles. The molecule has 2 aromatic carbocycles. The van der Waals surface area contributed by atoms with Gasteiger partial charge in [0.2, 0.25) is 6.33 Å². The molecule has 1 atom stereocenters. The molecule has 164 valence electrons. The lowest BCUT2D eigenvalue weighted by molar-refractivity contribution is -0.709. The fraction of sp³-hybridized carbons (Fsp3) is 0.125. The molecule has 7 nitrogen and oxygen atoms in total. The van der Waals surface area contributed by atoms with E-state index in [4.69, 9.17) is 5.11 Å². The van der Waals surface area contributed by atoms with Gasteiger partial charge in [-0.3, -0.25) is 4.98 Å². The molecule has 0 amide bonds.